The van der Waals surface area contributed by atoms with Crippen LogP contribution in [0.25, 0.3) is 0 Å². The molecule has 2 aliphatic rings. The van der Waals surface area contributed by atoms with Crippen molar-refractivity contribution in [1.29, 1.82) is 0 Å². The maximum atomic E-state index is 11.8. The molecule has 0 radical (unpaired) electrons. The van der Waals surface area contributed by atoms with Gasteiger partial charge in [0.05, 0.1) is 6.10 Å². The zero-order chi connectivity index (χ0) is 9.47. The Bertz CT molecular complexity index is 214. The van der Waals surface area contributed by atoms with Gasteiger partial charge in [-0.15, -0.1) is 0 Å². The number of carbonyl (C=O) groups excluding carboxylic acids is 1. The van der Waals surface area contributed by atoms with E-state index in [9.17, 15) is 4.79 Å². The van der Waals surface area contributed by atoms with Crippen molar-refractivity contribution in [2.75, 3.05) is 0 Å². The Morgan fingerprint density at radius 3 is 2.46 bits per heavy atom. The van der Waals surface area contributed by atoms with Crippen LogP contribution in [0.5, 0.6) is 0 Å². The summed E-state index contributed by atoms with van der Waals surface area (Å²) in [7, 11) is 0. The zero-order valence-corrected chi connectivity index (χ0v) is 8.51. The quantitative estimate of drug-likeness (QED) is 0.622. The Morgan fingerprint density at radius 1 is 1.38 bits per heavy atom. The van der Waals surface area contributed by atoms with Crippen molar-refractivity contribution in [2.24, 2.45) is 5.92 Å². The minimum absolute atomic E-state index is 0.186. The number of hydrogen-bond donors (Lipinski definition) is 0. The van der Waals surface area contributed by atoms with Crippen molar-refractivity contribution in [3.63, 3.8) is 0 Å². The fourth-order valence-corrected chi connectivity index (χ4v) is 2.48. The van der Waals surface area contributed by atoms with E-state index in [0.29, 0.717) is 18.1 Å². The number of ether oxygens (including phenoxy) is 1. The third-order valence-electron chi connectivity index (χ3n) is 3.43. The van der Waals surface area contributed by atoms with Crippen LogP contribution in [0.3, 0.4) is 0 Å². The van der Waals surface area contributed by atoms with Gasteiger partial charge >= 0.3 is 0 Å². The Hall–Kier alpha value is -0.370. The standard InChI is InChI=1S/C11H18O2/c1-8(2)9-7-10(12)11(13-9)5-3-4-6-11/h8-9H,3-7H2,1-2H3. The van der Waals surface area contributed by atoms with Crippen LogP contribution < -0.4 is 0 Å². The van der Waals surface area contributed by atoms with Crippen LogP contribution in [0.15, 0.2) is 0 Å². The molecule has 74 valence electrons. The van der Waals surface area contributed by atoms with Gasteiger partial charge in [-0.05, 0) is 31.6 Å². The van der Waals surface area contributed by atoms with Gasteiger partial charge in [-0.3, -0.25) is 4.79 Å². The first-order valence-electron chi connectivity index (χ1n) is 5.35. The first-order valence-corrected chi connectivity index (χ1v) is 5.35. The zero-order valence-electron chi connectivity index (χ0n) is 8.51. The van der Waals surface area contributed by atoms with Gasteiger partial charge in [0, 0.05) is 6.42 Å². The van der Waals surface area contributed by atoms with Gasteiger partial charge in [0.2, 0.25) is 0 Å². The van der Waals surface area contributed by atoms with Crippen LogP contribution in [0.1, 0.15) is 46.0 Å². The van der Waals surface area contributed by atoms with Crippen LogP contribution in [0, 0.1) is 5.92 Å². The summed E-state index contributed by atoms with van der Waals surface area (Å²) in [6.07, 6.45) is 5.10. The first-order chi connectivity index (χ1) is 6.14. The number of rotatable bonds is 1. The monoisotopic (exact) mass is 182 g/mol. The third kappa shape index (κ3) is 1.41. The molecular formula is C11H18O2. The highest BCUT2D eigenvalue weighted by atomic mass is 16.5. The maximum Gasteiger partial charge on any atom is 0.167 e. The second-order valence-corrected chi connectivity index (χ2v) is 4.73. The van der Waals surface area contributed by atoms with E-state index in [1.807, 2.05) is 0 Å². The molecule has 0 bridgehead atoms. The Balaban J connectivity index is 2.11. The third-order valence-corrected chi connectivity index (χ3v) is 3.43. The molecule has 0 aromatic rings. The molecule has 2 nitrogen and oxygen atoms in total. The predicted molar refractivity (Wildman–Crippen MR) is 50.5 cm³/mol. The average molecular weight is 182 g/mol. The molecule has 1 aliphatic heterocycles. The summed E-state index contributed by atoms with van der Waals surface area (Å²) < 4.78 is 5.93. The van der Waals surface area contributed by atoms with E-state index in [4.69, 9.17) is 4.74 Å². The van der Waals surface area contributed by atoms with Gasteiger partial charge in [0.15, 0.2) is 5.78 Å². The van der Waals surface area contributed by atoms with E-state index in [2.05, 4.69) is 13.8 Å². The van der Waals surface area contributed by atoms with Gasteiger partial charge in [-0.2, -0.15) is 0 Å². The smallest absolute Gasteiger partial charge is 0.167 e. The highest BCUT2D eigenvalue weighted by Gasteiger charge is 2.49. The van der Waals surface area contributed by atoms with E-state index in [0.717, 1.165) is 25.7 Å². The molecule has 1 saturated heterocycles. The summed E-state index contributed by atoms with van der Waals surface area (Å²) in [6.45, 7) is 4.26. The van der Waals surface area contributed by atoms with Crippen molar-refractivity contribution >= 4 is 5.78 Å². The van der Waals surface area contributed by atoms with Crippen molar-refractivity contribution in [3.05, 3.63) is 0 Å². The largest absolute Gasteiger partial charge is 0.363 e. The molecule has 1 spiro atoms. The van der Waals surface area contributed by atoms with Crippen LogP contribution in [0.2, 0.25) is 0 Å². The molecular weight excluding hydrogens is 164 g/mol. The maximum absolute atomic E-state index is 11.8. The highest BCUT2D eigenvalue weighted by Crippen LogP contribution is 2.42. The summed E-state index contributed by atoms with van der Waals surface area (Å²) in [4.78, 5) is 11.8. The molecule has 0 aromatic heterocycles. The fraction of sp³-hybridized carbons (Fsp3) is 0.909. The predicted octanol–water partition coefficient (Wildman–Crippen LogP) is 2.31. The van der Waals surface area contributed by atoms with Gasteiger partial charge in [0.1, 0.15) is 5.60 Å². The second-order valence-electron chi connectivity index (χ2n) is 4.73. The Labute approximate surface area is 79.7 Å². The van der Waals surface area contributed by atoms with E-state index in [1.165, 1.54) is 0 Å². The Morgan fingerprint density at radius 2 is 2.00 bits per heavy atom. The molecule has 1 heterocycles. The van der Waals surface area contributed by atoms with Crippen molar-refractivity contribution in [2.45, 2.75) is 57.7 Å². The molecule has 0 aromatic carbocycles. The second kappa shape index (κ2) is 3.09. The van der Waals surface area contributed by atoms with Gasteiger partial charge < -0.3 is 4.74 Å². The normalized spacial score (nSPS) is 32.2. The lowest BCUT2D eigenvalue weighted by Crippen LogP contribution is -2.32. The van der Waals surface area contributed by atoms with Gasteiger partial charge in [-0.1, -0.05) is 13.8 Å². The van der Waals surface area contributed by atoms with E-state index >= 15 is 0 Å². The number of ketones is 1. The molecule has 2 fully saturated rings. The van der Waals surface area contributed by atoms with Gasteiger partial charge in [0.25, 0.3) is 0 Å². The number of carbonyl (C=O) groups is 1. The van der Waals surface area contributed by atoms with E-state index < -0.39 is 0 Å². The molecule has 0 amide bonds. The lowest BCUT2D eigenvalue weighted by molar-refractivity contribution is -0.133. The summed E-state index contributed by atoms with van der Waals surface area (Å²) in [5, 5.41) is 0. The molecule has 13 heavy (non-hydrogen) atoms. The fourth-order valence-electron chi connectivity index (χ4n) is 2.48. The van der Waals surface area contributed by atoms with Gasteiger partial charge in [-0.25, -0.2) is 0 Å². The molecule has 1 atom stereocenters. The average Bonchev–Trinajstić information content (AvgIpc) is 2.63. The number of Topliss-reactive ketones (excluding diaryl/α,β-unsaturated/α-hetero) is 1. The molecule has 2 rings (SSSR count). The van der Waals surface area contributed by atoms with Crippen LogP contribution in [-0.4, -0.2) is 17.5 Å². The SMILES string of the molecule is CC(C)C1CC(=O)C2(CCCC2)O1. The van der Waals surface area contributed by atoms with E-state index in [1.54, 1.807) is 0 Å². The minimum atomic E-state index is -0.338. The van der Waals surface area contributed by atoms with Crippen molar-refractivity contribution < 1.29 is 9.53 Å². The van der Waals surface area contributed by atoms with Crippen molar-refractivity contribution in [1.82, 2.24) is 0 Å². The molecule has 1 saturated carbocycles. The lowest BCUT2D eigenvalue weighted by atomic mass is 9.95. The topological polar surface area (TPSA) is 26.3 Å². The van der Waals surface area contributed by atoms with Crippen LogP contribution in [0.4, 0.5) is 0 Å². The molecule has 1 unspecified atom stereocenters. The summed E-state index contributed by atoms with van der Waals surface area (Å²) in [6, 6.07) is 0. The summed E-state index contributed by atoms with van der Waals surface area (Å²) in [5.74, 6) is 0.840. The molecule has 0 N–H and O–H groups in total. The summed E-state index contributed by atoms with van der Waals surface area (Å²) >= 11 is 0. The Kier molecular flexibility index (Phi) is 2.18. The van der Waals surface area contributed by atoms with Crippen molar-refractivity contribution in [3.8, 4) is 0 Å². The van der Waals surface area contributed by atoms with E-state index in [-0.39, 0.29) is 11.7 Å². The van der Waals surface area contributed by atoms with Crippen LogP contribution >= 0.6 is 0 Å². The first kappa shape index (κ1) is 9.20. The summed E-state index contributed by atoms with van der Waals surface area (Å²) in [5.41, 5.74) is -0.338. The minimum Gasteiger partial charge on any atom is -0.363 e. The van der Waals surface area contributed by atoms with Crippen LogP contribution in [-0.2, 0) is 9.53 Å². The highest BCUT2D eigenvalue weighted by molar-refractivity contribution is 5.89. The molecule has 2 heteroatoms. The lowest BCUT2D eigenvalue weighted by Gasteiger charge is -2.23. The molecule has 1 aliphatic carbocycles. The number of hydrogen-bond acceptors (Lipinski definition) is 2.